The number of hydrogen-bond donors (Lipinski definition) is 0. The number of aromatic nitrogens is 1. The number of para-hydroxylation sites is 1. The van der Waals surface area contributed by atoms with Crippen molar-refractivity contribution in [2.45, 2.75) is 57.2 Å². The maximum Gasteiger partial charge on any atom is 0.250 e. The maximum absolute atomic E-state index is 14.0. The standard InChI is InChI=1S/C32H36BrN3O2/c1-38-25-11-12-28(33)24(17-25)19-35-18-23(26-7-2-3-9-29(26)35)16-21-10-13-30-27-8-5-15-34-14-4-6-22(31(27)34)20-36(30)32(21)37/h2-3,7,9,11-12,16-18,22,27,30-31H,4-6,8,10,13-15,19-20H2,1H3/b21-16+/t22-,27-,30-,31+/m1/s1. The Labute approximate surface area is 233 Å². The molecule has 1 amide bonds. The van der Waals surface area contributed by atoms with Crippen molar-refractivity contribution in [3.05, 3.63) is 69.8 Å². The maximum atomic E-state index is 14.0. The zero-order chi connectivity index (χ0) is 25.8. The van der Waals surface area contributed by atoms with E-state index in [1.54, 1.807) is 7.11 Å². The minimum atomic E-state index is 0.287. The van der Waals surface area contributed by atoms with Gasteiger partial charge in [-0.25, -0.2) is 0 Å². The molecule has 6 heteroatoms. The highest BCUT2D eigenvalue weighted by atomic mass is 79.9. The molecule has 4 saturated heterocycles. The van der Waals surface area contributed by atoms with Gasteiger partial charge in [0.05, 0.1) is 7.11 Å². The van der Waals surface area contributed by atoms with Crippen LogP contribution in [0.25, 0.3) is 17.0 Å². The second-order valence-corrected chi connectivity index (χ2v) is 12.5. The molecule has 7 rings (SSSR count). The number of benzene rings is 2. The summed E-state index contributed by atoms with van der Waals surface area (Å²) in [6.07, 6.45) is 11.5. The number of carbonyl (C=O) groups excluding carboxylic acids is 1. The molecule has 4 fully saturated rings. The fourth-order valence-electron chi connectivity index (χ4n) is 8.02. The van der Waals surface area contributed by atoms with Crippen LogP contribution in [-0.2, 0) is 11.3 Å². The number of nitrogens with zero attached hydrogens (tertiary/aromatic N) is 3. The molecule has 4 aliphatic rings. The quantitative estimate of drug-likeness (QED) is 0.342. The molecule has 0 aliphatic carbocycles. The molecule has 0 saturated carbocycles. The molecule has 5 heterocycles. The highest BCUT2D eigenvalue weighted by molar-refractivity contribution is 9.10. The molecule has 4 atom stereocenters. The molecular formula is C32H36BrN3O2. The fourth-order valence-corrected chi connectivity index (χ4v) is 8.39. The van der Waals surface area contributed by atoms with Gasteiger partial charge in [0.2, 0.25) is 5.91 Å². The molecule has 38 heavy (non-hydrogen) atoms. The molecule has 0 N–H and O–H groups in total. The summed E-state index contributed by atoms with van der Waals surface area (Å²) in [5.41, 5.74) is 4.46. The van der Waals surface area contributed by atoms with Crippen molar-refractivity contribution >= 4 is 38.8 Å². The minimum Gasteiger partial charge on any atom is -0.497 e. The van der Waals surface area contributed by atoms with Crippen molar-refractivity contribution in [3.8, 4) is 5.75 Å². The Kier molecular flexibility index (Phi) is 6.36. The molecule has 5 nitrogen and oxygen atoms in total. The number of carbonyl (C=O) groups is 1. The molecule has 0 spiro atoms. The van der Waals surface area contributed by atoms with Crippen LogP contribution in [0.2, 0.25) is 0 Å². The number of rotatable bonds is 4. The minimum absolute atomic E-state index is 0.287. The van der Waals surface area contributed by atoms with E-state index >= 15 is 0 Å². The van der Waals surface area contributed by atoms with Gasteiger partial charge in [0.25, 0.3) is 0 Å². The summed E-state index contributed by atoms with van der Waals surface area (Å²) in [6.45, 7) is 4.20. The Hall–Kier alpha value is -2.57. The van der Waals surface area contributed by atoms with Crippen molar-refractivity contribution in [2.24, 2.45) is 11.8 Å². The van der Waals surface area contributed by atoms with Gasteiger partial charge in [-0.1, -0.05) is 34.1 Å². The molecule has 1 aromatic heterocycles. The van der Waals surface area contributed by atoms with Crippen LogP contribution in [0.1, 0.15) is 49.7 Å². The molecule has 0 unspecified atom stereocenters. The van der Waals surface area contributed by atoms with Crippen LogP contribution in [-0.4, -0.2) is 59.1 Å². The second-order valence-electron chi connectivity index (χ2n) is 11.7. The van der Waals surface area contributed by atoms with E-state index in [1.165, 1.54) is 49.7 Å². The van der Waals surface area contributed by atoms with E-state index in [9.17, 15) is 4.79 Å². The first-order valence-corrected chi connectivity index (χ1v) is 15.1. The highest BCUT2D eigenvalue weighted by Crippen LogP contribution is 2.45. The average Bonchev–Trinajstić information content (AvgIpc) is 3.29. The summed E-state index contributed by atoms with van der Waals surface area (Å²) in [5.74, 6) is 2.45. The predicted molar refractivity (Wildman–Crippen MR) is 155 cm³/mol. The Balaban J connectivity index is 1.20. The number of piperidine rings is 4. The monoisotopic (exact) mass is 573 g/mol. The molecular weight excluding hydrogens is 538 g/mol. The molecule has 4 aliphatic heterocycles. The summed E-state index contributed by atoms with van der Waals surface area (Å²) < 4.78 is 8.83. The predicted octanol–water partition coefficient (Wildman–Crippen LogP) is 6.34. The van der Waals surface area contributed by atoms with Crippen LogP contribution < -0.4 is 4.74 Å². The van der Waals surface area contributed by atoms with E-state index in [0.717, 1.165) is 52.9 Å². The van der Waals surface area contributed by atoms with E-state index < -0.39 is 0 Å². The van der Waals surface area contributed by atoms with E-state index in [1.807, 2.05) is 12.1 Å². The summed E-state index contributed by atoms with van der Waals surface area (Å²) in [5, 5.41) is 1.20. The van der Waals surface area contributed by atoms with Crippen molar-refractivity contribution < 1.29 is 9.53 Å². The molecule has 3 aromatic rings. The number of ether oxygens (including phenoxy) is 1. The van der Waals surface area contributed by atoms with Crippen molar-refractivity contribution in [2.75, 3.05) is 26.7 Å². The van der Waals surface area contributed by atoms with Gasteiger partial charge in [0.1, 0.15) is 5.75 Å². The number of fused-ring (bicyclic) bond motifs is 3. The van der Waals surface area contributed by atoms with Gasteiger partial charge in [-0.15, -0.1) is 0 Å². The van der Waals surface area contributed by atoms with E-state index in [4.69, 9.17) is 4.74 Å². The van der Waals surface area contributed by atoms with Crippen molar-refractivity contribution in [1.82, 2.24) is 14.4 Å². The first kappa shape index (κ1) is 24.5. The third kappa shape index (κ3) is 4.12. The Morgan fingerprint density at radius 2 is 1.92 bits per heavy atom. The van der Waals surface area contributed by atoms with Gasteiger partial charge < -0.3 is 14.2 Å². The highest BCUT2D eigenvalue weighted by Gasteiger charge is 2.51. The number of halogens is 1. The van der Waals surface area contributed by atoms with Crippen LogP contribution in [0.15, 0.2) is 58.7 Å². The smallest absolute Gasteiger partial charge is 0.250 e. The lowest BCUT2D eigenvalue weighted by Crippen LogP contribution is -2.66. The topological polar surface area (TPSA) is 37.7 Å². The van der Waals surface area contributed by atoms with Gasteiger partial charge in [-0.2, -0.15) is 0 Å². The molecule has 198 valence electrons. The normalized spacial score (nSPS) is 28.4. The summed E-state index contributed by atoms with van der Waals surface area (Å²) >= 11 is 3.72. The van der Waals surface area contributed by atoms with Gasteiger partial charge >= 0.3 is 0 Å². The number of amides is 1. The Morgan fingerprint density at radius 1 is 1.08 bits per heavy atom. The van der Waals surface area contributed by atoms with Gasteiger partial charge in [-0.05, 0) is 99.4 Å². The van der Waals surface area contributed by atoms with Crippen LogP contribution >= 0.6 is 15.9 Å². The van der Waals surface area contributed by atoms with Crippen LogP contribution in [0.5, 0.6) is 5.75 Å². The zero-order valence-electron chi connectivity index (χ0n) is 22.1. The zero-order valence-corrected chi connectivity index (χ0v) is 23.7. The summed E-state index contributed by atoms with van der Waals surface area (Å²) in [6, 6.07) is 15.8. The Morgan fingerprint density at radius 3 is 2.79 bits per heavy atom. The van der Waals surface area contributed by atoms with E-state index in [-0.39, 0.29) is 5.91 Å². The van der Waals surface area contributed by atoms with Crippen molar-refractivity contribution in [3.63, 3.8) is 0 Å². The lowest BCUT2D eigenvalue weighted by Gasteiger charge is -2.58. The summed E-state index contributed by atoms with van der Waals surface area (Å²) in [7, 11) is 1.70. The van der Waals surface area contributed by atoms with Crippen LogP contribution in [0, 0.1) is 11.8 Å². The molecule has 0 bridgehead atoms. The lowest BCUT2D eigenvalue weighted by molar-refractivity contribution is -0.145. The third-order valence-corrected chi connectivity index (χ3v) is 10.4. The first-order valence-electron chi connectivity index (χ1n) is 14.3. The first-order chi connectivity index (χ1) is 18.6. The second kappa shape index (κ2) is 9.87. The largest absolute Gasteiger partial charge is 0.497 e. The molecule has 0 radical (unpaired) electrons. The SMILES string of the molecule is COc1ccc(Br)c(Cn2cc(/C=C3\CC[C@@H]4[C@H]5CCCN6CCC[C@H](CN4C3=O)[C@@H]56)c3ccccc32)c1. The molecule has 2 aromatic carbocycles. The number of hydrogen-bond acceptors (Lipinski definition) is 3. The van der Waals surface area contributed by atoms with Gasteiger partial charge in [0.15, 0.2) is 0 Å². The van der Waals surface area contributed by atoms with Crippen LogP contribution in [0.3, 0.4) is 0 Å². The van der Waals surface area contributed by atoms with Gasteiger partial charge in [0, 0.05) is 57.9 Å². The lowest BCUT2D eigenvalue weighted by atomic mass is 9.67. The van der Waals surface area contributed by atoms with E-state index in [2.05, 4.69) is 72.9 Å². The van der Waals surface area contributed by atoms with Crippen LogP contribution in [0.4, 0.5) is 0 Å². The number of methoxy groups -OCH3 is 1. The third-order valence-electron chi connectivity index (χ3n) is 9.66. The van der Waals surface area contributed by atoms with E-state index in [0.29, 0.717) is 23.9 Å². The van der Waals surface area contributed by atoms with Crippen molar-refractivity contribution in [1.29, 1.82) is 0 Å². The Bertz CT molecular complexity index is 1410. The van der Waals surface area contributed by atoms with Gasteiger partial charge in [-0.3, -0.25) is 9.69 Å². The fraction of sp³-hybridized carbons (Fsp3) is 0.469. The average molecular weight is 575 g/mol. The summed E-state index contributed by atoms with van der Waals surface area (Å²) in [4.78, 5) is 19.0.